The van der Waals surface area contributed by atoms with Crippen LogP contribution in [0.3, 0.4) is 0 Å². The minimum Gasteiger partial charge on any atom is -0.299 e. The Bertz CT molecular complexity index is 384. The van der Waals surface area contributed by atoms with E-state index in [-0.39, 0.29) is 5.78 Å². The fourth-order valence-electron chi connectivity index (χ4n) is 1.85. The van der Waals surface area contributed by atoms with Crippen LogP contribution in [0, 0.1) is 5.92 Å². The molecule has 3 heteroatoms. The second-order valence-corrected chi connectivity index (χ2v) is 5.18. The van der Waals surface area contributed by atoms with Gasteiger partial charge in [0, 0.05) is 22.9 Å². The van der Waals surface area contributed by atoms with Crippen LogP contribution in [0.2, 0.25) is 10.0 Å². The zero-order chi connectivity index (χ0) is 12.8. The third-order valence-corrected chi connectivity index (χ3v) is 3.66. The van der Waals surface area contributed by atoms with Gasteiger partial charge in [0.2, 0.25) is 0 Å². The lowest BCUT2D eigenvalue weighted by Gasteiger charge is -2.11. The Morgan fingerprint density at radius 2 is 1.88 bits per heavy atom. The average Bonchev–Trinajstić information content (AvgIpc) is 2.29. The molecular weight excluding hydrogens is 255 g/mol. The summed E-state index contributed by atoms with van der Waals surface area (Å²) in [5.74, 6) is 0.747. The van der Waals surface area contributed by atoms with E-state index in [1.54, 1.807) is 12.1 Å². The molecule has 17 heavy (non-hydrogen) atoms. The van der Waals surface area contributed by atoms with Gasteiger partial charge in [-0.2, -0.15) is 0 Å². The Morgan fingerprint density at radius 1 is 1.24 bits per heavy atom. The van der Waals surface area contributed by atoms with Crippen molar-refractivity contribution >= 4 is 29.0 Å². The Kier molecular flexibility index (Phi) is 6.01. The number of hydrogen-bond acceptors (Lipinski definition) is 1. The van der Waals surface area contributed by atoms with Crippen molar-refractivity contribution in [1.82, 2.24) is 0 Å². The van der Waals surface area contributed by atoms with Crippen LogP contribution < -0.4 is 0 Å². The van der Waals surface area contributed by atoms with Crippen molar-refractivity contribution < 1.29 is 4.79 Å². The number of benzene rings is 1. The molecule has 0 aliphatic carbocycles. The lowest BCUT2D eigenvalue weighted by molar-refractivity contribution is -0.119. The summed E-state index contributed by atoms with van der Waals surface area (Å²) in [5, 5.41) is 1.18. The molecule has 0 unspecified atom stereocenters. The van der Waals surface area contributed by atoms with E-state index in [2.05, 4.69) is 13.8 Å². The highest BCUT2D eigenvalue weighted by molar-refractivity contribution is 6.35. The highest BCUT2D eigenvalue weighted by Crippen LogP contribution is 2.23. The van der Waals surface area contributed by atoms with E-state index in [0.29, 0.717) is 28.8 Å². The standard InChI is InChI=1S/C14H18Cl2O/c1-3-10(4-2)7-13(17)8-11-5-6-12(15)9-14(11)16/h5-6,9-10H,3-4,7-8H2,1-2H3. The van der Waals surface area contributed by atoms with Gasteiger partial charge in [-0.1, -0.05) is 56.0 Å². The van der Waals surface area contributed by atoms with E-state index in [1.807, 2.05) is 6.07 Å². The molecule has 0 spiro atoms. The molecule has 0 saturated heterocycles. The first kappa shape index (κ1) is 14.5. The molecule has 1 nitrogen and oxygen atoms in total. The van der Waals surface area contributed by atoms with Gasteiger partial charge in [0.25, 0.3) is 0 Å². The number of hydrogen-bond donors (Lipinski definition) is 0. The fourth-order valence-corrected chi connectivity index (χ4v) is 2.32. The van der Waals surface area contributed by atoms with Crippen molar-refractivity contribution in [1.29, 1.82) is 0 Å². The molecule has 0 aliphatic heterocycles. The first-order valence-electron chi connectivity index (χ1n) is 6.02. The van der Waals surface area contributed by atoms with Gasteiger partial charge in [0.1, 0.15) is 5.78 Å². The predicted molar refractivity (Wildman–Crippen MR) is 73.9 cm³/mol. The van der Waals surface area contributed by atoms with Crippen LogP contribution in [0.1, 0.15) is 38.7 Å². The van der Waals surface area contributed by atoms with Crippen LogP contribution in [0.15, 0.2) is 18.2 Å². The van der Waals surface area contributed by atoms with E-state index < -0.39 is 0 Å². The fraction of sp³-hybridized carbons (Fsp3) is 0.500. The van der Waals surface area contributed by atoms with Gasteiger partial charge in [-0.3, -0.25) is 4.79 Å². The summed E-state index contributed by atoms with van der Waals surface area (Å²) in [7, 11) is 0. The highest BCUT2D eigenvalue weighted by atomic mass is 35.5. The average molecular weight is 273 g/mol. The summed E-state index contributed by atoms with van der Waals surface area (Å²) in [5.41, 5.74) is 0.868. The van der Waals surface area contributed by atoms with Gasteiger partial charge < -0.3 is 0 Å². The van der Waals surface area contributed by atoms with Crippen LogP contribution in [-0.4, -0.2) is 5.78 Å². The SMILES string of the molecule is CCC(CC)CC(=O)Cc1ccc(Cl)cc1Cl. The van der Waals surface area contributed by atoms with Crippen molar-refractivity contribution in [2.24, 2.45) is 5.92 Å². The maximum atomic E-state index is 11.9. The lowest BCUT2D eigenvalue weighted by Crippen LogP contribution is -2.09. The molecular formula is C14H18Cl2O. The smallest absolute Gasteiger partial charge is 0.137 e. The maximum absolute atomic E-state index is 11.9. The minimum absolute atomic E-state index is 0.253. The molecule has 1 aromatic carbocycles. The number of carbonyl (C=O) groups excluding carboxylic acids is 1. The molecule has 1 aromatic rings. The molecule has 0 N–H and O–H groups in total. The van der Waals surface area contributed by atoms with Gasteiger partial charge in [-0.15, -0.1) is 0 Å². The zero-order valence-electron chi connectivity index (χ0n) is 10.3. The molecule has 0 amide bonds. The number of rotatable bonds is 6. The molecule has 94 valence electrons. The van der Waals surface area contributed by atoms with Crippen LogP contribution in [0.4, 0.5) is 0 Å². The largest absolute Gasteiger partial charge is 0.299 e. The molecule has 0 aromatic heterocycles. The van der Waals surface area contributed by atoms with Gasteiger partial charge in [-0.05, 0) is 23.6 Å². The van der Waals surface area contributed by atoms with E-state index >= 15 is 0 Å². The molecule has 0 aliphatic rings. The van der Waals surface area contributed by atoms with Crippen molar-refractivity contribution in [3.05, 3.63) is 33.8 Å². The van der Waals surface area contributed by atoms with Gasteiger partial charge in [-0.25, -0.2) is 0 Å². The van der Waals surface area contributed by atoms with Crippen molar-refractivity contribution in [3.63, 3.8) is 0 Å². The molecule has 0 radical (unpaired) electrons. The summed E-state index contributed by atoms with van der Waals surface area (Å²) in [6.45, 7) is 4.24. The van der Waals surface area contributed by atoms with Crippen molar-refractivity contribution in [2.75, 3.05) is 0 Å². The number of Topliss-reactive ketones (excluding diaryl/α,β-unsaturated/α-hetero) is 1. The minimum atomic E-state index is 0.253. The molecule has 1 rings (SSSR count). The summed E-state index contributed by atoms with van der Waals surface area (Å²) in [6.07, 6.45) is 3.16. The third kappa shape index (κ3) is 4.69. The highest BCUT2D eigenvalue weighted by Gasteiger charge is 2.12. The summed E-state index contributed by atoms with van der Waals surface area (Å²) >= 11 is 11.9. The summed E-state index contributed by atoms with van der Waals surface area (Å²) < 4.78 is 0. The number of carbonyl (C=O) groups is 1. The molecule has 0 saturated carbocycles. The van der Waals surface area contributed by atoms with Crippen LogP contribution in [-0.2, 0) is 11.2 Å². The quantitative estimate of drug-likeness (QED) is 0.718. The van der Waals surface area contributed by atoms with Crippen LogP contribution in [0.25, 0.3) is 0 Å². The second-order valence-electron chi connectivity index (χ2n) is 4.34. The zero-order valence-corrected chi connectivity index (χ0v) is 11.8. The van der Waals surface area contributed by atoms with E-state index in [1.165, 1.54) is 0 Å². The van der Waals surface area contributed by atoms with E-state index in [0.717, 1.165) is 18.4 Å². The Morgan fingerprint density at radius 3 is 2.41 bits per heavy atom. The van der Waals surface area contributed by atoms with Crippen molar-refractivity contribution in [2.45, 2.75) is 39.5 Å². The third-order valence-electron chi connectivity index (χ3n) is 3.07. The topological polar surface area (TPSA) is 17.1 Å². The van der Waals surface area contributed by atoms with E-state index in [4.69, 9.17) is 23.2 Å². The normalized spacial score (nSPS) is 10.9. The second kappa shape index (κ2) is 7.03. The monoisotopic (exact) mass is 272 g/mol. The first-order chi connectivity index (χ1) is 8.06. The first-order valence-corrected chi connectivity index (χ1v) is 6.78. The van der Waals surface area contributed by atoms with Crippen LogP contribution >= 0.6 is 23.2 Å². The predicted octanol–water partition coefficient (Wildman–Crippen LogP) is 4.93. The van der Waals surface area contributed by atoms with E-state index in [9.17, 15) is 4.79 Å². The molecule has 0 fully saturated rings. The lowest BCUT2D eigenvalue weighted by atomic mass is 9.94. The van der Waals surface area contributed by atoms with Gasteiger partial charge >= 0.3 is 0 Å². The van der Waals surface area contributed by atoms with Crippen molar-refractivity contribution in [3.8, 4) is 0 Å². The molecule has 0 heterocycles. The number of ketones is 1. The van der Waals surface area contributed by atoms with Crippen LogP contribution in [0.5, 0.6) is 0 Å². The Hall–Kier alpha value is -0.530. The Balaban J connectivity index is 2.62. The summed E-state index contributed by atoms with van der Waals surface area (Å²) in [4.78, 5) is 11.9. The molecule has 0 atom stereocenters. The number of halogens is 2. The Labute approximate surface area is 113 Å². The maximum Gasteiger partial charge on any atom is 0.137 e. The van der Waals surface area contributed by atoms with Gasteiger partial charge in [0.15, 0.2) is 0 Å². The summed E-state index contributed by atoms with van der Waals surface area (Å²) in [6, 6.07) is 5.28. The molecule has 0 bridgehead atoms. The van der Waals surface area contributed by atoms with Gasteiger partial charge in [0.05, 0.1) is 0 Å².